The number of pyridine rings is 1. The van der Waals surface area contributed by atoms with Crippen molar-refractivity contribution in [2.24, 2.45) is 0 Å². The summed E-state index contributed by atoms with van der Waals surface area (Å²) < 4.78 is 5.46. The predicted molar refractivity (Wildman–Crippen MR) is 84.9 cm³/mol. The van der Waals surface area contributed by atoms with E-state index in [-0.39, 0.29) is 0 Å². The van der Waals surface area contributed by atoms with E-state index >= 15 is 0 Å². The zero-order chi connectivity index (χ0) is 15.6. The standard InChI is InChI=1S/C17H28N2O2/c1-12(2)19-8-6-17(20,7-9-19)10-15-14(4)16(21-5)13(3)11-18-15/h11-12,20H,6-10H2,1-5H3. The van der Waals surface area contributed by atoms with Gasteiger partial charge in [-0.2, -0.15) is 0 Å². The van der Waals surface area contributed by atoms with Crippen molar-refractivity contribution < 1.29 is 9.84 Å². The third-order valence-corrected chi connectivity index (χ3v) is 4.71. The normalized spacial score (nSPS) is 19.0. The van der Waals surface area contributed by atoms with Gasteiger partial charge in [0.15, 0.2) is 0 Å². The van der Waals surface area contributed by atoms with Crippen molar-refractivity contribution in [2.75, 3.05) is 20.2 Å². The molecule has 0 bridgehead atoms. The number of nitrogens with zero attached hydrogens (tertiary/aromatic N) is 2. The van der Waals surface area contributed by atoms with Gasteiger partial charge in [-0.3, -0.25) is 4.98 Å². The van der Waals surface area contributed by atoms with E-state index in [0.29, 0.717) is 12.5 Å². The Morgan fingerprint density at radius 3 is 2.48 bits per heavy atom. The fraction of sp³-hybridized carbons (Fsp3) is 0.706. The number of likely N-dealkylation sites (tertiary alicyclic amines) is 1. The fourth-order valence-electron chi connectivity index (χ4n) is 3.19. The first kappa shape index (κ1) is 16.2. The van der Waals surface area contributed by atoms with Crippen molar-refractivity contribution in [1.29, 1.82) is 0 Å². The second kappa shape index (κ2) is 6.32. The highest BCUT2D eigenvalue weighted by Gasteiger charge is 2.34. The first-order chi connectivity index (χ1) is 9.86. The first-order valence-electron chi connectivity index (χ1n) is 7.82. The Kier molecular flexibility index (Phi) is 4.89. The number of ether oxygens (including phenoxy) is 1. The van der Waals surface area contributed by atoms with Gasteiger partial charge in [0.1, 0.15) is 5.75 Å². The summed E-state index contributed by atoms with van der Waals surface area (Å²) in [7, 11) is 1.69. The van der Waals surface area contributed by atoms with Crippen LogP contribution in [0.1, 0.15) is 43.5 Å². The highest BCUT2D eigenvalue weighted by molar-refractivity contribution is 5.41. The minimum Gasteiger partial charge on any atom is -0.496 e. The Labute approximate surface area is 128 Å². The molecule has 0 atom stereocenters. The Bertz CT molecular complexity index is 492. The minimum atomic E-state index is -0.635. The lowest BCUT2D eigenvalue weighted by Crippen LogP contribution is -2.48. The van der Waals surface area contributed by atoms with Crippen LogP contribution >= 0.6 is 0 Å². The molecule has 1 aromatic heterocycles. The summed E-state index contributed by atoms with van der Waals surface area (Å²) in [5.74, 6) is 0.892. The average Bonchev–Trinajstić information content (AvgIpc) is 2.43. The van der Waals surface area contributed by atoms with Crippen molar-refractivity contribution in [3.63, 3.8) is 0 Å². The molecule has 118 valence electrons. The topological polar surface area (TPSA) is 45.6 Å². The maximum absolute atomic E-state index is 10.9. The van der Waals surface area contributed by atoms with E-state index in [2.05, 4.69) is 23.7 Å². The molecule has 0 spiro atoms. The molecule has 2 rings (SSSR count). The molecule has 21 heavy (non-hydrogen) atoms. The molecule has 0 unspecified atom stereocenters. The third-order valence-electron chi connectivity index (χ3n) is 4.71. The first-order valence-corrected chi connectivity index (χ1v) is 7.82. The van der Waals surface area contributed by atoms with Crippen LogP contribution < -0.4 is 4.74 Å². The number of hydrogen-bond acceptors (Lipinski definition) is 4. The monoisotopic (exact) mass is 292 g/mol. The lowest BCUT2D eigenvalue weighted by molar-refractivity contribution is -0.0279. The molecule has 1 aliphatic heterocycles. The maximum atomic E-state index is 10.9. The second-order valence-electron chi connectivity index (χ2n) is 6.58. The minimum absolute atomic E-state index is 0.550. The summed E-state index contributed by atoms with van der Waals surface area (Å²) in [6.07, 6.45) is 4.07. The summed E-state index contributed by atoms with van der Waals surface area (Å²) >= 11 is 0. The van der Waals surface area contributed by atoms with Gasteiger partial charge in [-0.15, -0.1) is 0 Å². The smallest absolute Gasteiger partial charge is 0.128 e. The van der Waals surface area contributed by atoms with Gasteiger partial charge in [0.2, 0.25) is 0 Å². The van der Waals surface area contributed by atoms with Crippen LogP contribution in [0.25, 0.3) is 0 Å². The highest BCUT2D eigenvalue weighted by Crippen LogP contribution is 2.31. The maximum Gasteiger partial charge on any atom is 0.128 e. The van der Waals surface area contributed by atoms with Gasteiger partial charge in [-0.25, -0.2) is 0 Å². The Balaban J connectivity index is 2.12. The molecule has 0 saturated carbocycles. The van der Waals surface area contributed by atoms with Crippen molar-refractivity contribution >= 4 is 0 Å². The number of aryl methyl sites for hydroxylation is 1. The molecular weight excluding hydrogens is 264 g/mol. The highest BCUT2D eigenvalue weighted by atomic mass is 16.5. The fourth-order valence-corrected chi connectivity index (χ4v) is 3.19. The van der Waals surface area contributed by atoms with Gasteiger partial charge in [-0.05, 0) is 40.5 Å². The summed E-state index contributed by atoms with van der Waals surface area (Å²) in [5, 5.41) is 10.9. The molecule has 0 aliphatic carbocycles. The van der Waals surface area contributed by atoms with Gasteiger partial charge < -0.3 is 14.7 Å². The van der Waals surface area contributed by atoms with Crippen LogP contribution in [0.5, 0.6) is 5.75 Å². The van der Waals surface area contributed by atoms with Crippen LogP contribution in [0.3, 0.4) is 0 Å². The molecular formula is C17H28N2O2. The van der Waals surface area contributed by atoms with Crippen LogP contribution in [0.15, 0.2) is 6.20 Å². The predicted octanol–water partition coefficient (Wildman–Crippen LogP) is 2.48. The second-order valence-corrected chi connectivity index (χ2v) is 6.58. The molecule has 0 aromatic carbocycles. The average molecular weight is 292 g/mol. The van der Waals surface area contributed by atoms with E-state index in [0.717, 1.165) is 48.5 Å². The SMILES string of the molecule is COc1c(C)cnc(CC2(O)CCN(C(C)C)CC2)c1C. The molecule has 2 heterocycles. The van der Waals surface area contributed by atoms with E-state index in [9.17, 15) is 5.11 Å². The summed E-state index contributed by atoms with van der Waals surface area (Å²) in [6.45, 7) is 10.4. The van der Waals surface area contributed by atoms with Crippen LogP contribution in [-0.4, -0.2) is 46.8 Å². The van der Waals surface area contributed by atoms with Gasteiger partial charge in [0, 0.05) is 48.6 Å². The molecule has 0 radical (unpaired) electrons. The van der Waals surface area contributed by atoms with Crippen molar-refractivity contribution in [1.82, 2.24) is 9.88 Å². The van der Waals surface area contributed by atoms with Gasteiger partial charge >= 0.3 is 0 Å². The van der Waals surface area contributed by atoms with Crippen LogP contribution in [0.4, 0.5) is 0 Å². The zero-order valence-corrected chi connectivity index (χ0v) is 13.9. The molecule has 1 aliphatic rings. The Morgan fingerprint density at radius 2 is 1.95 bits per heavy atom. The number of methoxy groups -OCH3 is 1. The van der Waals surface area contributed by atoms with Crippen LogP contribution in [0.2, 0.25) is 0 Å². The lowest BCUT2D eigenvalue weighted by atomic mass is 9.85. The van der Waals surface area contributed by atoms with Crippen LogP contribution in [0, 0.1) is 13.8 Å². The van der Waals surface area contributed by atoms with E-state index < -0.39 is 5.60 Å². The number of hydrogen-bond donors (Lipinski definition) is 1. The summed E-state index contributed by atoms with van der Waals surface area (Å²) in [4.78, 5) is 6.95. The van der Waals surface area contributed by atoms with Crippen molar-refractivity contribution in [2.45, 2.75) is 58.6 Å². The quantitative estimate of drug-likeness (QED) is 0.926. The van der Waals surface area contributed by atoms with Crippen molar-refractivity contribution in [3.05, 3.63) is 23.0 Å². The largest absolute Gasteiger partial charge is 0.496 e. The number of rotatable bonds is 4. The number of aliphatic hydroxyl groups is 1. The van der Waals surface area contributed by atoms with E-state index in [1.54, 1.807) is 7.11 Å². The lowest BCUT2D eigenvalue weighted by Gasteiger charge is -2.40. The van der Waals surface area contributed by atoms with E-state index in [1.807, 2.05) is 20.0 Å². The number of piperidine rings is 1. The van der Waals surface area contributed by atoms with Gasteiger partial charge in [-0.1, -0.05) is 0 Å². The molecule has 4 nitrogen and oxygen atoms in total. The Morgan fingerprint density at radius 1 is 1.33 bits per heavy atom. The zero-order valence-electron chi connectivity index (χ0n) is 13.9. The number of aromatic nitrogens is 1. The summed E-state index contributed by atoms with van der Waals surface area (Å²) in [6, 6.07) is 0.550. The van der Waals surface area contributed by atoms with Crippen molar-refractivity contribution in [3.8, 4) is 5.75 Å². The van der Waals surface area contributed by atoms with Gasteiger partial charge in [0.05, 0.1) is 12.7 Å². The third kappa shape index (κ3) is 3.55. The molecule has 1 aromatic rings. The molecule has 4 heteroatoms. The summed E-state index contributed by atoms with van der Waals surface area (Å²) in [5.41, 5.74) is 2.42. The van der Waals surface area contributed by atoms with Crippen LogP contribution in [-0.2, 0) is 6.42 Å². The molecule has 1 N–H and O–H groups in total. The van der Waals surface area contributed by atoms with E-state index in [1.165, 1.54) is 0 Å². The van der Waals surface area contributed by atoms with E-state index in [4.69, 9.17) is 4.74 Å². The Hall–Kier alpha value is -1.13. The molecule has 0 amide bonds. The molecule has 1 fully saturated rings. The van der Waals surface area contributed by atoms with Gasteiger partial charge in [0.25, 0.3) is 0 Å². The molecule has 1 saturated heterocycles.